The minimum absolute atomic E-state index is 0.0187. The second kappa shape index (κ2) is 7.51. The number of nitrogens with one attached hydrogen (secondary N) is 1. The first-order valence-corrected chi connectivity index (χ1v) is 12.9. The molecule has 28 heavy (non-hydrogen) atoms. The number of thiophene rings is 1. The van der Waals surface area contributed by atoms with Crippen molar-refractivity contribution in [2.45, 2.75) is 63.2 Å². The smallest absolute Gasteiger partial charge is 0.237 e. The maximum atomic E-state index is 13.2. The van der Waals surface area contributed by atoms with E-state index >= 15 is 0 Å². The van der Waals surface area contributed by atoms with Gasteiger partial charge >= 0.3 is 0 Å². The Labute approximate surface area is 174 Å². The fraction of sp³-hybridized carbons (Fsp3) is 0.579. The van der Waals surface area contributed by atoms with Gasteiger partial charge in [0.2, 0.25) is 15.9 Å². The van der Waals surface area contributed by atoms with Gasteiger partial charge in [0, 0.05) is 29.3 Å². The van der Waals surface area contributed by atoms with E-state index < -0.39 is 20.7 Å². The van der Waals surface area contributed by atoms with E-state index in [1.807, 2.05) is 11.4 Å². The Balaban J connectivity index is 1.53. The molecule has 4 rings (SSSR count). The lowest BCUT2D eigenvalue weighted by Crippen LogP contribution is -2.39. The zero-order valence-electron chi connectivity index (χ0n) is 16.1. The first-order valence-electron chi connectivity index (χ1n) is 9.66. The third kappa shape index (κ3) is 3.42. The molecule has 1 N–H and O–H groups in total. The van der Waals surface area contributed by atoms with Crippen molar-refractivity contribution in [3.05, 3.63) is 33.0 Å². The van der Waals surface area contributed by atoms with Crippen LogP contribution in [-0.4, -0.2) is 35.4 Å². The molecule has 1 fully saturated rings. The van der Waals surface area contributed by atoms with Gasteiger partial charge in [0.25, 0.3) is 0 Å². The maximum absolute atomic E-state index is 13.2. The summed E-state index contributed by atoms with van der Waals surface area (Å²) < 4.78 is 26.5. The van der Waals surface area contributed by atoms with E-state index in [0.717, 1.165) is 41.1 Å². The van der Waals surface area contributed by atoms with Gasteiger partial charge in [-0.1, -0.05) is 18.9 Å². The lowest BCUT2D eigenvalue weighted by atomic mass is 9.83. The van der Waals surface area contributed by atoms with Crippen LogP contribution < -0.4 is 5.32 Å². The third-order valence-corrected chi connectivity index (χ3v) is 10.1. The van der Waals surface area contributed by atoms with Crippen LogP contribution >= 0.6 is 22.7 Å². The predicted molar refractivity (Wildman–Crippen MR) is 113 cm³/mol. The highest BCUT2D eigenvalue weighted by Gasteiger charge is 2.44. The number of aromatic nitrogens is 1. The molecular formula is C19H25N3O3S3. The summed E-state index contributed by atoms with van der Waals surface area (Å²) in [6.07, 6.45) is 4.43. The highest BCUT2D eigenvalue weighted by molar-refractivity contribution is 7.89. The van der Waals surface area contributed by atoms with Crippen molar-refractivity contribution in [1.29, 1.82) is 0 Å². The summed E-state index contributed by atoms with van der Waals surface area (Å²) >= 11 is 3.04. The Morgan fingerprint density at radius 3 is 2.71 bits per heavy atom. The predicted octanol–water partition coefficient (Wildman–Crippen LogP) is 3.75. The number of hydrogen-bond donors (Lipinski definition) is 1. The molecule has 9 heteroatoms. The molecule has 2 aromatic heterocycles. The summed E-state index contributed by atoms with van der Waals surface area (Å²) in [5.41, 5.74) is 0.458. The van der Waals surface area contributed by atoms with Gasteiger partial charge in [-0.15, -0.1) is 22.7 Å². The molecule has 0 unspecified atom stereocenters. The Hall–Kier alpha value is -1.29. The molecule has 0 atom stereocenters. The summed E-state index contributed by atoms with van der Waals surface area (Å²) in [5.74, 6) is 0.0187. The number of thiazole rings is 1. The molecule has 0 bridgehead atoms. The topological polar surface area (TPSA) is 79.4 Å². The minimum Gasteiger partial charge on any atom is -0.301 e. The highest BCUT2D eigenvalue weighted by atomic mass is 32.2. The molecule has 1 amide bonds. The molecule has 2 aromatic rings. The van der Waals surface area contributed by atoms with Crippen LogP contribution in [0, 0.1) is 0 Å². The quantitative estimate of drug-likeness (QED) is 0.769. The number of hydrogen-bond acceptors (Lipinski definition) is 6. The van der Waals surface area contributed by atoms with Gasteiger partial charge in [0.15, 0.2) is 5.13 Å². The van der Waals surface area contributed by atoms with Crippen LogP contribution in [0.1, 0.15) is 55.0 Å². The molecular weight excluding hydrogens is 414 g/mol. The first-order chi connectivity index (χ1) is 13.3. The Kier molecular flexibility index (Phi) is 5.37. The van der Waals surface area contributed by atoms with Gasteiger partial charge in [-0.05, 0) is 38.1 Å². The summed E-state index contributed by atoms with van der Waals surface area (Å²) in [7, 11) is -3.28. The van der Waals surface area contributed by atoms with E-state index in [1.165, 1.54) is 15.6 Å². The number of amides is 1. The lowest BCUT2D eigenvalue weighted by Gasteiger charge is -2.26. The Morgan fingerprint density at radius 1 is 1.32 bits per heavy atom. The molecule has 6 nitrogen and oxygen atoms in total. The van der Waals surface area contributed by atoms with Crippen LogP contribution in [0.3, 0.4) is 0 Å². The number of rotatable bonds is 5. The molecule has 0 spiro atoms. The molecule has 1 aliphatic carbocycles. The largest absolute Gasteiger partial charge is 0.301 e. The SMILES string of the molecule is CC(C)S(=O)(=O)N1CCc2nc(NC(=O)C3(c4cccs4)CCCC3)sc2C1. The molecule has 1 saturated carbocycles. The zero-order valence-corrected chi connectivity index (χ0v) is 18.6. The van der Waals surface area contributed by atoms with Crippen LogP contribution in [0.15, 0.2) is 17.5 Å². The van der Waals surface area contributed by atoms with Crippen LogP contribution in [0.5, 0.6) is 0 Å². The number of carbonyl (C=O) groups is 1. The van der Waals surface area contributed by atoms with Crippen molar-refractivity contribution in [2.75, 3.05) is 11.9 Å². The van der Waals surface area contributed by atoms with Gasteiger partial charge < -0.3 is 5.32 Å². The van der Waals surface area contributed by atoms with Gasteiger partial charge in [-0.3, -0.25) is 4.79 Å². The Bertz CT molecular complexity index is 958. The Morgan fingerprint density at radius 2 is 2.07 bits per heavy atom. The van der Waals surface area contributed by atoms with Crippen molar-refractivity contribution >= 4 is 43.7 Å². The van der Waals surface area contributed by atoms with E-state index in [4.69, 9.17) is 0 Å². The summed E-state index contributed by atoms with van der Waals surface area (Å²) in [5, 5.41) is 5.22. The fourth-order valence-electron chi connectivity index (χ4n) is 4.07. The van der Waals surface area contributed by atoms with Crippen molar-refractivity contribution < 1.29 is 13.2 Å². The first kappa shape index (κ1) is 20.0. The summed E-state index contributed by atoms with van der Waals surface area (Å²) in [6.45, 7) is 4.20. The number of nitrogens with zero attached hydrogens (tertiary/aromatic N) is 2. The molecule has 1 aliphatic heterocycles. The molecule has 0 saturated heterocycles. The molecule has 3 heterocycles. The highest BCUT2D eigenvalue weighted by Crippen LogP contribution is 2.44. The van der Waals surface area contributed by atoms with Crippen LogP contribution in [0.25, 0.3) is 0 Å². The molecule has 0 aromatic carbocycles. The van der Waals surface area contributed by atoms with Crippen LogP contribution in [0.2, 0.25) is 0 Å². The second-order valence-corrected chi connectivity index (χ2v) is 12.3. The van der Waals surface area contributed by atoms with E-state index in [0.29, 0.717) is 24.6 Å². The van der Waals surface area contributed by atoms with Gasteiger partial charge in [-0.25, -0.2) is 13.4 Å². The number of anilines is 1. The monoisotopic (exact) mass is 439 g/mol. The number of fused-ring (bicyclic) bond motifs is 1. The summed E-state index contributed by atoms with van der Waals surface area (Å²) in [6, 6.07) is 4.05. The van der Waals surface area contributed by atoms with Crippen LogP contribution in [-0.2, 0) is 33.2 Å². The van der Waals surface area contributed by atoms with Gasteiger partial charge in [0.05, 0.1) is 16.4 Å². The van der Waals surface area contributed by atoms with Crippen molar-refractivity contribution in [3.63, 3.8) is 0 Å². The minimum atomic E-state index is -3.28. The van der Waals surface area contributed by atoms with Crippen molar-refractivity contribution in [3.8, 4) is 0 Å². The zero-order chi connectivity index (χ0) is 19.9. The van der Waals surface area contributed by atoms with E-state index in [1.54, 1.807) is 25.2 Å². The molecule has 152 valence electrons. The average Bonchev–Trinajstić information content (AvgIpc) is 3.40. The fourth-order valence-corrected chi connectivity index (χ4v) is 7.41. The average molecular weight is 440 g/mol. The normalized spacial score (nSPS) is 19.7. The standard InChI is InChI=1S/C19H25N3O3S3/c1-13(2)28(24,25)22-10-7-14-15(12-22)27-18(20-14)21-17(23)19(8-3-4-9-19)16-6-5-11-26-16/h5-6,11,13H,3-4,7-10,12H2,1-2H3,(H,20,21,23). The van der Waals surface area contributed by atoms with E-state index in [9.17, 15) is 13.2 Å². The number of carbonyl (C=O) groups excluding carboxylic acids is 1. The third-order valence-electron chi connectivity index (χ3n) is 5.76. The van der Waals surface area contributed by atoms with E-state index in [-0.39, 0.29) is 5.91 Å². The summed E-state index contributed by atoms with van der Waals surface area (Å²) in [4.78, 5) is 19.9. The van der Waals surface area contributed by atoms with Gasteiger partial charge in [-0.2, -0.15) is 4.31 Å². The van der Waals surface area contributed by atoms with E-state index in [2.05, 4.69) is 16.4 Å². The van der Waals surface area contributed by atoms with Gasteiger partial charge in [0.1, 0.15) is 0 Å². The van der Waals surface area contributed by atoms with Crippen LogP contribution in [0.4, 0.5) is 5.13 Å². The van der Waals surface area contributed by atoms with Crippen molar-refractivity contribution in [2.24, 2.45) is 0 Å². The second-order valence-electron chi connectivity index (χ2n) is 7.79. The molecule has 2 aliphatic rings. The lowest BCUT2D eigenvalue weighted by molar-refractivity contribution is -0.121. The number of sulfonamides is 1. The molecule has 0 radical (unpaired) electrons. The maximum Gasteiger partial charge on any atom is 0.237 e. The van der Waals surface area contributed by atoms with Crippen molar-refractivity contribution in [1.82, 2.24) is 9.29 Å².